The summed E-state index contributed by atoms with van der Waals surface area (Å²) in [4.78, 5) is 37.7. The van der Waals surface area contributed by atoms with Crippen LogP contribution in [0.15, 0.2) is 22.0 Å². The predicted octanol–water partition coefficient (Wildman–Crippen LogP) is -1.14. The summed E-state index contributed by atoms with van der Waals surface area (Å²) < 4.78 is 20.2. The molecule has 2 aromatic heterocycles. The smallest absolute Gasteiger partial charge is 0.330 e. The maximum atomic E-state index is 12.3. The summed E-state index contributed by atoms with van der Waals surface area (Å²) in [5.74, 6) is -0.523. The molecule has 138 valence electrons. The summed E-state index contributed by atoms with van der Waals surface area (Å²) >= 11 is 0. The molecule has 4 atom stereocenters. The molecule has 0 bridgehead atoms. The van der Waals surface area contributed by atoms with Crippen LogP contribution in [0.3, 0.4) is 0 Å². The molecule has 0 radical (unpaired) electrons. The number of esters is 1. The van der Waals surface area contributed by atoms with Gasteiger partial charge in [-0.2, -0.15) is 0 Å². The summed E-state index contributed by atoms with van der Waals surface area (Å²) in [5, 5.41) is 7.82. The number of carbonyl (C=O) groups is 1. The Kier molecular flexibility index (Phi) is 3.96. The Hall–Kier alpha value is -2.79. The van der Waals surface area contributed by atoms with Gasteiger partial charge in [-0.3, -0.25) is 19.1 Å². The van der Waals surface area contributed by atoms with E-state index in [2.05, 4.69) is 15.3 Å². The van der Waals surface area contributed by atoms with Crippen LogP contribution in [-0.2, 0) is 32.2 Å². The van der Waals surface area contributed by atoms with E-state index >= 15 is 0 Å². The van der Waals surface area contributed by atoms with Gasteiger partial charge in [0, 0.05) is 18.7 Å². The molecule has 1 N–H and O–H groups in total. The van der Waals surface area contributed by atoms with Gasteiger partial charge in [-0.15, -0.1) is 5.10 Å². The lowest BCUT2D eigenvalue weighted by molar-refractivity contribution is -0.158. The normalized spacial score (nSPS) is 27.5. The van der Waals surface area contributed by atoms with Gasteiger partial charge in [0.1, 0.15) is 12.2 Å². The van der Waals surface area contributed by atoms with Crippen LogP contribution in [0, 0.1) is 6.92 Å². The van der Waals surface area contributed by atoms with E-state index in [0.717, 1.165) is 5.69 Å². The summed E-state index contributed by atoms with van der Waals surface area (Å²) in [6.45, 7) is 3.41. The fourth-order valence-corrected chi connectivity index (χ4v) is 3.27. The third-order valence-corrected chi connectivity index (χ3v) is 4.48. The fraction of sp³-hybridized carbons (Fsp3) is 0.533. The largest absolute Gasteiger partial charge is 0.455 e. The van der Waals surface area contributed by atoms with Crippen molar-refractivity contribution < 1.29 is 19.0 Å². The van der Waals surface area contributed by atoms with Gasteiger partial charge in [-0.1, -0.05) is 5.21 Å². The molecule has 2 aliphatic rings. The number of H-pyrrole nitrogens is 1. The van der Waals surface area contributed by atoms with Crippen molar-refractivity contribution >= 4 is 5.97 Å². The van der Waals surface area contributed by atoms with E-state index < -0.39 is 41.8 Å². The van der Waals surface area contributed by atoms with Gasteiger partial charge in [0.05, 0.1) is 25.0 Å². The van der Waals surface area contributed by atoms with Crippen LogP contribution in [-0.4, -0.2) is 48.8 Å². The molecular formula is C15H17N5O6. The van der Waals surface area contributed by atoms with Gasteiger partial charge >= 0.3 is 11.7 Å². The fourth-order valence-electron chi connectivity index (χ4n) is 3.27. The first-order valence-corrected chi connectivity index (χ1v) is 8.08. The van der Waals surface area contributed by atoms with Crippen LogP contribution in [0.5, 0.6) is 0 Å². The Morgan fingerprint density at radius 2 is 2.23 bits per heavy atom. The molecule has 4 rings (SSSR count). The van der Waals surface area contributed by atoms with Gasteiger partial charge in [0.2, 0.25) is 0 Å². The molecule has 0 unspecified atom stereocenters. The zero-order valence-electron chi connectivity index (χ0n) is 14.1. The van der Waals surface area contributed by atoms with Crippen LogP contribution in [0.25, 0.3) is 0 Å². The Labute approximate surface area is 146 Å². The molecule has 0 spiro atoms. The Morgan fingerprint density at radius 3 is 3.00 bits per heavy atom. The number of fused-ring (bicyclic) bond motifs is 2. The van der Waals surface area contributed by atoms with E-state index in [4.69, 9.17) is 14.2 Å². The highest BCUT2D eigenvalue weighted by Crippen LogP contribution is 2.35. The number of nitrogens with zero attached hydrogens (tertiary/aromatic N) is 4. The summed E-state index contributed by atoms with van der Waals surface area (Å²) in [6, 6.07) is 0. The molecule has 26 heavy (non-hydrogen) atoms. The standard InChI is InChI=1S/C15H17N5O6/c1-7-4-19(15(23)17-13(7)22)14-12(25-8(2)21)11-10(26-14)5-20-9(6-24-11)3-16-18-20/h3-4,10-12,14H,5-6H2,1-2H3,(H,17,22,23)/t10-,11+,12-,14-/m1/s1. The van der Waals surface area contributed by atoms with Crippen molar-refractivity contribution in [1.82, 2.24) is 24.5 Å². The molecule has 0 aromatic carbocycles. The number of rotatable bonds is 2. The third kappa shape index (κ3) is 2.74. The molecule has 1 fully saturated rings. The number of nitrogens with one attached hydrogen (secondary N) is 1. The molecule has 11 nitrogen and oxygen atoms in total. The lowest BCUT2D eigenvalue weighted by Crippen LogP contribution is -2.41. The SMILES string of the molecule is CC(=O)O[C@@H]1[C@H]2OCc3cnnn3C[C@H]2O[C@H]1n1cc(C)c(=O)[nH]c1=O. The molecule has 2 aliphatic heterocycles. The van der Waals surface area contributed by atoms with Crippen molar-refractivity contribution in [3.05, 3.63) is 44.5 Å². The van der Waals surface area contributed by atoms with Gasteiger partial charge in [0.15, 0.2) is 12.3 Å². The second-order valence-electron chi connectivity index (χ2n) is 6.30. The van der Waals surface area contributed by atoms with E-state index in [1.165, 1.54) is 17.7 Å². The van der Waals surface area contributed by atoms with E-state index in [0.29, 0.717) is 12.1 Å². The van der Waals surface area contributed by atoms with E-state index in [1.807, 2.05) is 0 Å². The summed E-state index contributed by atoms with van der Waals surface area (Å²) in [6.07, 6.45) is 0.0973. The second-order valence-corrected chi connectivity index (χ2v) is 6.30. The topological polar surface area (TPSA) is 130 Å². The molecule has 0 saturated carbocycles. The molecule has 0 aliphatic carbocycles. The van der Waals surface area contributed by atoms with Crippen molar-refractivity contribution in [3.63, 3.8) is 0 Å². The monoisotopic (exact) mass is 363 g/mol. The second kappa shape index (κ2) is 6.18. The molecule has 1 saturated heterocycles. The Morgan fingerprint density at radius 1 is 1.42 bits per heavy atom. The number of aromatic nitrogens is 5. The highest BCUT2D eigenvalue weighted by Gasteiger charge is 2.50. The van der Waals surface area contributed by atoms with E-state index in [-0.39, 0.29) is 6.61 Å². The first-order chi connectivity index (χ1) is 12.4. The van der Waals surface area contributed by atoms with Crippen LogP contribution in [0.2, 0.25) is 0 Å². The minimum absolute atomic E-state index is 0.224. The van der Waals surface area contributed by atoms with Crippen LogP contribution < -0.4 is 11.2 Å². The summed E-state index contributed by atoms with van der Waals surface area (Å²) in [7, 11) is 0. The van der Waals surface area contributed by atoms with Gasteiger partial charge < -0.3 is 14.2 Å². The Balaban J connectivity index is 1.73. The van der Waals surface area contributed by atoms with E-state index in [9.17, 15) is 14.4 Å². The van der Waals surface area contributed by atoms with E-state index in [1.54, 1.807) is 17.8 Å². The summed E-state index contributed by atoms with van der Waals surface area (Å²) in [5.41, 5.74) is -0.0220. The van der Waals surface area contributed by atoms with Gasteiger partial charge in [-0.05, 0) is 6.92 Å². The number of aryl methyl sites for hydroxylation is 1. The molecule has 0 amide bonds. The Bertz CT molecular complexity index is 962. The van der Waals surface area contributed by atoms with Crippen molar-refractivity contribution in [2.24, 2.45) is 0 Å². The molecule has 11 heteroatoms. The lowest BCUT2D eigenvalue weighted by atomic mass is 10.1. The number of aromatic amines is 1. The molecular weight excluding hydrogens is 346 g/mol. The zero-order valence-corrected chi connectivity index (χ0v) is 14.1. The van der Waals surface area contributed by atoms with Crippen LogP contribution >= 0.6 is 0 Å². The predicted molar refractivity (Wildman–Crippen MR) is 84.1 cm³/mol. The van der Waals surface area contributed by atoms with Gasteiger partial charge in [0.25, 0.3) is 5.56 Å². The minimum atomic E-state index is -0.929. The highest BCUT2D eigenvalue weighted by molar-refractivity contribution is 5.66. The average Bonchev–Trinajstić information content (AvgIpc) is 3.10. The van der Waals surface area contributed by atoms with Crippen LogP contribution in [0.1, 0.15) is 24.4 Å². The van der Waals surface area contributed by atoms with Crippen molar-refractivity contribution in [2.45, 2.75) is 51.5 Å². The molecule has 2 aromatic rings. The number of carbonyl (C=O) groups excluding carboxylic acids is 1. The lowest BCUT2D eigenvalue weighted by Gasteiger charge is -2.23. The number of ether oxygens (including phenoxy) is 3. The third-order valence-electron chi connectivity index (χ3n) is 4.48. The first-order valence-electron chi connectivity index (χ1n) is 8.08. The van der Waals surface area contributed by atoms with Gasteiger partial charge in [-0.25, -0.2) is 9.48 Å². The zero-order chi connectivity index (χ0) is 18.4. The first kappa shape index (κ1) is 16.7. The molecule has 4 heterocycles. The van der Waals surface area contributed by atoms with Crippen molar-refractivity contribution in [3.8, 4) is 0 Å². The maximum Gasteiger partial charge on any atom is 0.330 e. The maximum absolute atomic E-state index is 12.3. The number of hydrogen-bond donors (Lipinski definition) is 1. The average molecular weight is 363 g/mol. The highest BCUT2D eigenvalue weighted by atomic mass is 16.6. The number of hydrogen-bond acceptors (Lipinski definition) is 8. The minimum Gasteiger partial charge on any atom is -0.455 e. The quantitative estimate of drug-likeness (QED) is 0.663. The van der Waals surface area contributed by atoms with Crippen molar-refractivity contribution in [1.29, 1.82) is 0 Å². The van der Waals surface area contributed by atoms with Crippen LogP contribution in [0.4, 0.5) is 0 Å². The van der Waals surface area contributed by atoms with Crippen molar-refractivity contribution in [2.75, 3.05) is 0 Å².